The number of pyridine rings is 2. The van der Waals surface area contributed by atoms with Crippen molar-refractivity contribution in [2.75, 3.05) is 120 Å². The maximum absolute atomic E-state index is 13.1. The monoisotopic (exact) mass is 1700 g/mol. The van der Waals surface area contributed by atoms with Gasteiger partial charge in [0.25, 0.3) is 17.7 Å². The maximum atomic E-state index is 13.1. The molecule has 0 radical (unpaired) electrons. The van der Waals surface area contributed by atoms with Crippen molar-refractivity contribution >= 4 is 114 Å². The van der Waals surface area contributed by atoms with E-state index >= 15 is 0 Å². The molecular weight excluding hydrogens is 1600 g/mol. The third kappa shape index (κ3) is 19.7. The van der Waals surface area contributed by atoms with Crippen LogP contribution >= 0.6 is 11.3 Å². The van der Waals surface area contributed by atoms with E-state index in [1.165, 1.54) is 76.0 Å². The number of hydrogen-bond acceptors (Lipinski definition) is 26. The second kappa shape index (κ2) is 37.6. The number of hydrogen-bond donors (Lipinski definition) is 6. The highest BCUT2D eigenvalue weighted by molar-refractivity contribution is 7.15. The van der Waals surface area contributed by atoms with E-state index in [0.717, 1.165) is 72.4 Å². The van der Waals surface area contributed by atoms with E-state index < -0.39 is 0 Å². The zero-order chi connectivity index (χ0) is 87.1. The smallest absolute Gasteiger partial charge is 0.260 e. The molecule has 12 aromatic rings. The molecule has 3 saturated heterocycles. The molecule has 9 aromatic heterocycles. The fourth-order valence-electron chi connectivity index (χ4n) is 16.0. The summed E-state index contributed by atoms with van der Waals surface area (Å²) >= 11 is 1.42. The quantitative estimate of drug-likeness (QED) is 0.0274. The lowest BCUT2D eigenvalue weighted by Gasteiger charge is -2.16. The van der Waals surface area contributed by atoms with Gasteiger partial charge in [0.15, 0.2) is 22.1 Å². The van der Waals surface area contributed by atoms with Crippen LogP contribution in [-0.4, -0.2) is 244 Å². The van der Waals surface area contributed by atoms with Crippen LogP contribution in [0.1, 0.15) is 130 Å². The number of anilines is 6. The number of aryl methyl sites for hydroxylation is 3. The summed E-state index contributed by atoms with van der Waals surface area (Å²) in [6.07, 6.45) is 30.8. The van der Waals surface area contributed by atoms with Gasteiger partial charge in [0.05, 0.1) is 47.0 Å². The minimum absolute atomic E-state index is 0.00279. The van der Waals surface area contributed by atoms with Crippen LogP contribution in [0.2, 0.25) is 0 Å². The summed E-state index contributed by atoms with van der Waals surface area (Å²) in [7, 11) is 7.79. The van der Waals surface area contributed by atoms with Crippen molar-refractivity contribution in [3.8, 4) is 39.5 Å². The Morgan fingerprint density at radius 3 is 1.27 bits per heavy atom. The SMILES string of the molecule is CCc1ccnc(NC(=O)c2ccc(-c3nn(C4CCN(C(=O)C=CCN(C)C5CC5)C4)c4ncnc(N)c34)cc2)c1.COc1cc(-c2nn(C3CCN(C(=O)C=CCN(C)C4CC4)C3)c3ncnc(N)c23)ccc1C(=O)Nc1cc(C)ccn1.Cc1cnc(NC(=O)c2ccc(-c3nn(C4CCN(C(=O)C=CCN(C)C5CC5)C4)c4ncnc(N)c34)cc2)s1. The van der Waals surface area contributed by atoms with Crippen LogP contribution in [0.25, 0.3) is 66.9 Å². The molecule has 6 fully saturated rings. The predicted molar refractivity (Wildman–Crippen MR) is 480 cm³/mol. The largest absolute Gasteiger partial charge is 0.496 e. The molecule has 9 N–H and O–H groups in total. The molecule has 34 nitrogen and oxygen atoms in total. The van der Waals surface area contributed by atoms with Gasteiger partial charge >= 0.3 is 0 Å². The van der Waals surface area contributed by atoms with E-state index in [2.05, 4.69) is 104 Å². The van der Waals surface area contributed by atoms with Crippen LogP contribution in [0.15, 0.2) is 165 Å². The van der Waals surface area contributed by atoms with Gasteiger partial charge in [-0.2, -0.15) is 15.3 Å². The van der Waals surface area contributed by atoms with E-state index in [4.69, 9.17) is 37.2 Å². The van der Waals surface area contributed by atoms with Gasteiger partial charge in [0, 0.05) is 147 Å². The molecule has 644 valence electrons. The number of thiazole rings is 1. The molecule has 3 atom stereocenters. The number of methoxy groups -OCH3 is 1. The van der Waals surface area contributed by atoms with E-state index in [9.17, 15) is 28.8 Å². The topological polar surface area (TPSA) is 415 Å². The number of nitrogens with two attached hydrogens (primary N) is 3. The maximum Gasteiger partial charge on any atom is 0.260 e. The third-order valence-corrected chi connectivity index (χ3v) is 24.4. The molecule has 0 spiro atoms. The van der Waals surface area contributed by atoms with Gasteiger partial charge in [-0.25, -0.2) is 58.9 Å². The lowest BCUT2D eigenvalue weighted by atomic mass is 10.1. The van der Waals surface area contributed by atoms with E-state index in [1.54, 1.807) is 85.3 Å². The van der Waals surface area contributed by atoms with Crippen LogP contribution in [0.4, 0.5) is 34.2 Å². The highest BCUT2D eigenvalue weighted by Crippen LogP contribution is 2.40. The second-order valence-electron chi connectivity index (χ2n) is 32.5. The molecule has 3 unspecified atom stereocenters. The number of rotatable bonds is 26. The molecule has 3 aliphatic heterocycles. The van der Waals surface area contributed by atoms with Crippen molar-refractivity contribution in [1.29, 1.82) is 0 Å². The molecule has 3 aliphatic carbocycles. The number of ether oxygens (including phenoxy) is 1. The minimum atomic E-state index is -0.344. The lowest BCUT2D eigenvalue weighted by molar-refractivity contribution is -0.125. The Balaban J connectivity index is 0.000000138. The normalized spacial score (nSPS) is 17.1. The Hall–Kier alpha value is -13.6. The van der Waals surface area contributed by atoms with Crippen molar-refractivity contribution in [3.63, 3.8) is 0 Å². The first kappa shape index (κ1) is 84.9. The van der Waals surface area contributed by atoms with E-state index in [-0.39, 0.29) is 53.6 Å². The summed E-state index contributed by atoms with van der Waals surface area (Å²) < 4.78 is 11.2. The molecule has 6 amide bonds. The highest BCUT2D eigenvalue weighted by Gasteiger charge is 2.36. The lowest BCUT2D eigenvalue weighted by Crippen LogP contribution is -2.28. The Bertz CT molecular complexity index is 6110. The summed E-state index contributed by atoms with van der Waals surface area (Å²) in [4.78, 5) is 130. The number of nitrogen functional groups attached to an aromatic ring is 3. The van der Waals surface area contributed by atoms with E-state index in [0.29, 0.717) is 170 Å². The minimum Gasteiger partial charge on any atom is -0.496 e. The molecule has 18 rings (SSSR count). The molecule has 6 aliphatic rings. The Morgan fingerprint density at radius 1 is 0.472 bits per heavy atom. The van der Waals surface area contributed by atoms with Gasteiger partial charge in [-0.1, -0.05) is 55.5 Å². The number of likely N-dealkylation sites (N-methyl/N-ethyl adjacent to an activating group) is 3. The Labute approximate surface area is 726 Å². The number of nitrogens with one attached hydrogen (secondary N) is 3. The third-order valence-electron chi connectivity index (χ3n) is 23.5. The number of amides is 6. The molecule has 0 bridgehead atoms. The van der Waals surface area contributed by atoms with Gasteiger partial charge in [0.1, 0.15) is 70.9 Å². The number of carbonyl (C=O) groups excluding carboxylic acids is 6. The van der Waals surface area contributed by atoms with Crippen LogP contribution in [0.3, 0.4) is 0 Å². The van der Waals surface area contributed by atoms with Crippen LogP contribution in [-0.2, 0) is 20.8 Å². The zero-order valence-electron chi connectivity index (χ0n) is 70.9. The number of nitrogens with zero attached hydrogens (tertiary/aromatic N) is 21. The molecule has 12 heterocycles. The van der Waals surface area contributed by atoms with Crippen molar-refractivity contribution in [1.82, 2.24) is 104 Å². The average molecular weight is 1710 g/mol. The fraction of sp³-hybridized carbons (Fsp3) is 0.356. The molecule has 3 saturated carbocycles. The number of carbonyl (C=O) groups is 6. The zero-order valence-corrected chi connectivity index (χ0v) is 71.7. The first-order valence-electron chi connectivity index (χ1n) is 42.2. The second-order valence-corrected chi connectivity index (χ2v) is 33.7. The van der Waals surface area contributed by atoms with Crippen LogP contribution < -0.4 is 37.9 Å². The van der Waals surface area contributed by atoms with Crippen molar-refractivity contribution in [2.45, 2.75) is 121 Å². The first-order valence-corrected chi connectivity index (χ1v) is 43.0. The van der Waals surface area contributed by atoms with Gasteiger partial charge in [0.2, 0.25) is 17.7 Å². The average Bonchev–Trinajstić information content (AvgIpc) is 1.61. The number of aromatic nitrogens is 15. The fourth-order valence-corrected chi connectivity index (χ4v) is 16.6. The Morgan fingerprint density at radius 2 is 0.872 bits per heavy atom. The summed E-state index contributed by atoms with van der Waals surface area (Å²) in [5.74, 6) is 1.51. The number of likely N-dealkylation sites (tertiary alicyclic amines) is 3. The number of fused-ring (bicyclic) bond motifs is 3. The number of benzene rings is 3. The predicted octanol–water partition coefficient (Wildman–Crippen LogP) is 10.7. The van der Waals surface area contributed by atoms with Crippen LogP contribution in [0.5, 0.6) is 5.75 Å². The van der Waals surface area contributed by atoms with Crippen molar-refractivity contribution < 1.29 is 33.5 Å². The Kier molecular flexibility index (Phi) is 25.6. The molecule has 3 aromatic carbocycles. The van der Waals surface area contributed by atoms with Crippen molar-refractivity contribution in [2.24, 2.45) is 0 Å². The first-order chi connectivity index (χ1) is 60.6. The molecular formula is C90H101N27O7S. The summed E-state index contributed by atoms with van der Waals surface area (Å²) in [6, 6.07) is 28.9. The van der Waals surface area contributed by atoms with E-state index in [1.807, 2.05) is 103 Å². The molecule has 125 heavy (non-hydrogen) atoms. The highest BCUT2D eigenvalue weighted by atomic mass is 32.1. The summed E-state index contributed by atoms with van der Waals surface area (Å²) in [5, 5.41) is 25.8. The van der Waals surface area contributed by atoms with Gasteiger partial charge < -0.3 is 47.3 Å². The standard InChI is InChI=1S/C31H35N9O3.C31H35N9O2.C28H31N9O2S/c1-19-10-12-33-25(15-19)36-31(42)23-9-6-20(16-24(23)43-3)28-27-29(32)34-18-35-30(27)40(37-28)22-11-14-39(17-22)26(41)5-4-13-38(2)21-7-8-21;1-3-20-12-14-33-25(17-20)36-31(42)22-8-6-21(7-9-22)28-27-29(32)34-19-35-30(27)40(37-28)24-13-16-39(18-24)26(41)5-4-15-38(2)23-10-11-23;1-17-14-30-28(40-17)33-27(39)19-7-5-18(6-8-19)24-23-25(29)31-16-32-26(23)37(34-24)21-11-13-36(15-21)22(38)4-3-12-35(2)20-9-10-20/h4-6,9-10,12,15-16,18,21-22H,7-8,11,13-14,17H2,1-3H3,(H2,32,34,35)(H,33,36,42);4-9,12,14,17,19,23-24H,3,10-11,13,15-16,18H2,1-2H3,(H2,32,34,35)(H,33,36,42);3-8,14,16,20-21H,9-13,15H2,1-2H3,(H2,29,31,32)(H,30,33,39). The van der Waals surface area contributed by atoms with Crippen molar-refractivity contribution in [3.05, 3.63) is 198 Å². The van der Waals surface area contributed by atoms with Gasteiger partial charge in [-0.05, 0) is 171 Å². The molecule has 35 heteroatoms. The summed E-state index contributed by atoms with van der Waals surface area (Å²) in [5.41, 5.74) is 28.4. The summed E-state index contributed by atoms with van der Waals surface area (Å²) in [6.45, 7) is 11.7. The van der Waals surface area contributed by atoms with Gasteiger partial charge in [-0.3, -0.25) is 48.8 Å². The van der Waals surface area contributed by atoms with Crippen LogP contribution in [0, 0.1) is 13.8 Å². The van der Waals surface area contributed by atoms with Gasteiger partial charge in [-0.15, -0.1) is 11.3 Å².